The van der Waals surface area contributed by atoms with E-state index >= 15 is 0 Å². The number of hydrogen-bond donors (Lipinski definition) is 1. The maximum atomic E-state index is 11.5. The van der Waals surface area contributed by atoms with Crippen molar-refractivity contribution in [3.8, 4) is 0 Å². The van der Waals surface area contributed by atoms with Gasteiger partial charge >= 0.3 is 5.97 Å². The number of rotatable bonds is 3. The van der Waals surface area contributed by atoms with Gasteiger partial charge in [-0.15, -0.1) is 6.58 Å². The summed E-state index contributed by atoms with van der Waals surface area (Å²) < 4.78 is 4.86. The van der Waals surface area contributed by atoms with E-state index in [1.807, 2.05) is 0 Å². The second-order valence-corrected chi connectivity index (χ2v) is 3.15. The number of hydrogen-bond acceptors (Lipinski definition) is 3. The summed E-state index contributed by atoms with van der Waals surface area (Å²) in [7, 11) is 0. The van der Waals surface area contributed by atoms with Gasteiger partial charge in [0.2, 0.25) is 5.91 Å². The van der Waals surface area contributed by atoms with Crippen LogP contribution in [0.25, 0.3) is 0 Å². The van der Waals surface area contributed by atoms with Gasteiger partial charge < -0.3 is 10.1 Å². The van der Waals surface area contributed by atoms with Gasteiger partial charge in [-0.2, -0.15) is 0 Å². The van der Waals surface area contributed by atoms with Crippen molar-refractivity contribution in [2.75, 3.05) is 6.54 Å². The zero-order valence-electron chi connectivity index (χ0n) is 8.08. The third kappa shape index (κ3) is 1.84. The summed E-state index contributed by atoms with van der Waals surface area (Å²) in [6.07, 6.45) is 1.14. The van der Waals surface area contributed by atoms with Gasteiger partial charge in [0, 0.05) is 12.1 Å². The molecule has 0 aromatic rings. The zero-order valence-corrected chi connectivity index (χ0v) is 8.08. The third-order valence-electron chi connectivity index (χ3n) is 2.10. The van der Waals surface area contributed by atoms with Crippen molar-refractivity contribution < 1.29 is 14.3 Å². The molecule has 1 aliphatic rings. The van der Waals surface area contributed by atoms with Crippen LogP contribution in [0.2, 0.25) is 0 Å². The predicted octanol–water partition coefficient (Wildman–Crippen LogP) is 0.406. The van der Waals surface area contributed by atoms with Crippen molar-refractivity contribution in [1.82, 2.24) is 5.32 Å². The first-order valence-electron chi connectivity index (χ1n) is 4.36. The van der Waals surface area contributed by atoms with E-state index in [0.29, 0.717) is 6.54 Å². The number of carbonyl (C=O) groups excluding carboxylic acids is 2. The fraction of sp³-hybridized carbons (Fsp3) is 0.400. The average molecular weight is 195 g/mol. The molecular weight excluding hydrogens is 182 g/mol. The highest BCUT2D eigenvalue weighted by Gasteiger charge is 2.40. The van der Waals surface area contributed by atoms with Crippen LogP contribution < -0.4 is 5.32 Å². The van der Waals surface area contributed by atoms with Crippen LogP contribution in [-0.2, 0) is 14.3 Å². The van der Waals surface area contributed by atoms with Gasteiger partial charge in [0.05, 0.1) is 0 Å². The molecule has 1 heterocycles. The van der Waals surface area contributed by atoms with Crippen LogP contribution in [0.4, 0.5) is 0 Å². The minimum absolute atomic E-state index is 0.221. The minimum atomic E-state index is -0.567. The Balaban J connectivity index is 2.67. The monoisotopic (exact) mass is 195 g/mol. The lowest BCUT2D eigenvalue weighted by atomic mass is 9.97. The topological polar surface area (TPSA) is 55.4 Å². The second-order valence-electron chi connectivity index (χ2n) is 3.15. The molecule has 4 nitrogen and oxygen atoms in total. The van der Waals surface area contributed by atoms with Crippen molar-refractivity contribution in [2.24, 2.45) is 5.92 Å². The Bertz CT molecular complexity index is 296. The Hall–Kier alpha value is -1.58. The Morgan fingerprint density at radius 3 is 2.79 bits per heavy atom. The standard InChI is InChI=1S/C10H13NO3/c1-4-5-11-9(12)8-6(2)10(13)14-7(8)3/h4,7-8H,1-2,5H2,3H3,(H,11,12)/t7-,8+/m0/s1. The largest absolute Gasteiger partial charge is 0.458 e. The van der Waals surface area contributed by atoms with Gasteiger partial charge in [0.25, 0.3) is 0 Å². The van der Waals surface area contributed by atoms with Crippen LogP contribution in [0.5, 0.6) is 0 Å². The SMILES string of the molecule is C=CCNC(=O)[C@@H]1C(=C)C(=O)O[C@H]1C. The van der Waals surface area contributed by atoms with Crippen LogP contribution in [0, 0.1) is 5.92 Å². The minimum Gasteiger partial charge on any atom is -0.458 e. The second kappa shape index (κ2) is 4.09. The summed E-state index contributed by atoms with van der Waals surface area (Å²) in [5.41, 5.74) is 0.221. The zero-order chi connectivity index (χ0) is 10.7. The fourth-order valence-electron chi connectivity index (χ4n) is 1.38. The van der Waals surface area contributed by atoms with Gasteiger partial charge in [0.15, 0.2) is 0 Å². The van der Waals surface area contributed by atoms with E-state index in [-0.39, 0.29) is 11.5 Å². The van der Waals surface area contributed by atoms with Crippen molar-refractivity contribution in [1.29, 1.82) is 0 Å². The summed E-state index contributed by atoms with van der Waals surface area (Å²) in [6, 6.07) is 0. The van der Waals surface area contributed by atoms with Crippen LogP contribution >= 0.6 is 0 Å². The molecule has 0 unspecified atom stereocenters. The molecule has 76 valence electrons. The van der Waals surface area contributed by atoms with Gasteiger partial charge in [-0.3, -0.25) is 4.79 Å². The number of ether oxygens (including phenoxy) is 1. The Labute approximate surface area is 82.6 Å². The van der Waals surface area contributed by atoms with Crippen LogP contribution in [0.3, 0.4) is 0 Å². The Morgan fingerprint density at radius 2 is 2.36 bits per heavy atom. The number of carbonyl (C=O) groups is 2. The number of cyclic esters (lactones) is 1. The summed E-state index contributed by atoms with van der Waals surface area (Å²) in [5.74, 6) is -1.30. The maximum Gasteiger partial charge on any atom is 0.334 e. The highest BCUT2D eigenvalue weighted by atomic mass is 16.6. The number of amides is 1. The summed E-state index contributed by atoms with van der Waals surface area (Å²) in [6.45, 7) is 9.07. The molecule has 0 bridgehead atoms. The van der Waals surface area contributed by atoms with E-state index in [0.717, 1.165) is 0 Å². The Kier molecular flexibility index (Phi) is 3.06. The lowest BCUT2D eigenvalue weighted by Crippen LogP contribution is -2.34. The highest BCUT2D eigenvalue weighted by molar-refractivity contribution is 5.99. The van der Waals surface area contributed by atoms with E-state index in [1.54, 1.807) is 13.0 Å². The summed E-state index contributed by atoms with van der Waals surface area (Å²) in [4.78, 5) is 22.6. The molecule has 4 heteroatoms. The van der Waals surface area contributed by atoms with Crippen LogP contribution in [0.15, 0.2) is 24.8 Å². The lowest BCUT2D eigenvalue weighted by Gasteiger charge is -2.12. The van der Waals surface area contributed by atoms with Crippen LogP contribution in [0.1, 0.15) is 6.92 Å². The molecule has 1 saturated heterocycles. The van der Waals surface area contributed by atoms with Crippen molar-refractivity contribution in [3.05, 3.63) is 24.8 Å². The van der Waals surface area contributed by atoms with Crippen molar-refractivity contribution in [3.63, 3.8) is 0 Å². The first-order chi connectivity index (χ1) is 6.57. The molecule has 0 aliphatic carbocycles. The van der Waals surface area contributed by atoms with Gasteiger partial charge in [-0.25, -0.2) is 4.79 Å². The van der Waals surface area contributed by atoms with Gasteiger partial charge in [-0.1, -0.05) is 12.7 Å². The van der Waals surface area contributed by atoms with Gasteiger partial charge in [-0.05, 0) is 6.92 Å². The molecule has 1 fully saturated rings. The third-order valence-corrected chi connectivity index (χ3v) is 2.10. The quantitative estimate of drug-likeness (QED) is 0.403. The van der Waals surface area contributed by atoms with Crippen molar-refractivity contribution in [2.45, 2.75) is 13.0 Å². The van der Waals surface area contributed by atoms with E-state index in [9.17, 15) is 9.59 Å². The first kappa shape index (κ1) is 10.5. The molecular formula is C10H13NO3. The molecule has 1 amide bonds. The summed E-state index contributed by atoms with van der Waals surface area (Å²) in [5, 5.41) is 2.61. The van der Waals surface area contributed by atoms with E-state index in [1.165, 1.54) is 0 Å². The van der Waals surface area contributed by atoms with Crippen molar-refractivity contribution >= 4 is 11.9 Å². The predicted molar refractivity (Wildman–Crippen MR) is 51.4 cm³/mol. The molecule has 0 aromatic heterocycles. The number of nitrogens with one attached hydrogen (secondary N) is 1. The first-order valence-corrected chi connectivity index (χ1v) is 4.36. The molecule has 14 heavy (non-hydrogen) atoms. The maximum absolute atomic E-state index is 11.5. The van der Waals surface area contributed by atoms with Gasteiger partial charge in [0.1, 0.15) is 12.0 Å². The molecule has 1 rings (SSSR count). The van der Waals surface area contributed by atoms with Crippen LogP contribution in [-0.4, -0.2) is 24.5 Å². The molecule has 0 spiro atoms. The number of esters is 1. The molecule has 0 radical (unpaired) electrons. The fourth-order valence-corrected chi connectivity index (χ4v) is 1.38. The average Bonchev–Trinajstić information content (AvgIpc) is 2.38. The molecule has 0 aromatic carbocycles. The van der Waals surface area contributed by atoms with E-state index < -0.39 is 18.0 Å². The highest BCUT2D eigenvalue weighted by Crippen LogP contribution is 2.26. The normalized spacial score (nSPS) is 25.8. The molecule has 1 aliphatic heterocycles. The Morgan fingerprint density at radius 1 is 1.71 bits per heavy atom. The lowest BCUT2D eigenvalue weighted by molar-refractivity contribution is -0.138. The molecule has 1 N–H and O–H groups in total. The summed E-state index contributed by atoms with van der Waals surface area (Å²) >= 11 is 0. The smallest absolute Gasteiger partial charge is 0.334 e. The molecule has 2 atom stereocenters. The van der Waals surface area contributed by atoms with E-state index in [4.69, 9.17) is 4.74 Å². The molecule has 0 saturated carbocycles. The van der Waals surface area contributed by atoms with E-state index in [2.05, 4.69) is 18.5 Å².